The molecule has 154 valence electrons. The Morgan fingerprint density at radius 1 is 1.27 bits per heavy atom. The van der Waals surface area contributed by atoms with E-state index in [1.54, 1.807) is 29.2 Å². The van der Waals surface area contributed by atoms with Crippen molar-refractivity contribution in [3.8, 4) is 0 Å². The minimum absolute atomic E-state index is 0.0177. The quantitative estimate of drug-likeness (QED) is 0.671. The molecular weight excluding hydrogens is 389 g/mol. The molecule has 0 aliphatic carbocycles. The van der Waals surface area contributed by atoms with Gasteiger partial charge in [-0.25, -0.2) is 4.39 Å². The Hall–Kier alpha value is -3.62. The highest BCUT2D eigenvalue weighted by Gasteiger charge is 2.33. The molecule has 1 atom stereocenters. The second-order valence-corrected chi connectivity index (χ2v) is 7.22. The molecule has 0 saturated carbocycles. The van der Waals surface area contributed by atoms with E-state index in [-0.39, 0.29) is 42.4 Å². The molecule has 1 N–H and O–H groups in total. The predicted octanol–water partition coefficient (Wildman–Crippen LogP) is 2.36. The van der Waals surface area contributed by atoms with E-state index in [0.717, 1.165) is 11.3 Å². The number of nitrogens with zero attached hydrogens (tertiary/aromatic N) is 4. The molecule has 4 rings (SSSR count). The van der Waals surface area contributed by atoms with Crippen LogP contribution in [0.15, 0.2) is 47.1 Å². The summed E-state index contributed by atoms with van der Waals surface area (Å²) in [5.74, 6) is -0.101. The number of nitrogens with one attached hydrogen (secondary N) is 1. The van der Waals surface area contributed by atoms with Gasteiger partial charge in [0.2, 0.25) is 11.8 Å². The van der Waals surface area contributed by atoms with Gasteiger partial charge in [0, 0.05) is 37.3 Å². The van der Waals surface area contributed by atoms with E-state index >= 15 is 0 Å². The van der Waals surface area contributed by atoms with E-state index in [4.69, 9.17) is 4.52 Å². The summed E-state index contributed by atoms with van der Waals surface area (Å²) in [5.41, 5.74) is 2.12. The van der Waals surface area contributed by atoms with Crippen LogP contribution in [-0.4, -0.2) is 38.4 Å². The fraction of sp³-hybridized carbons (Fsp3) is 0.286. The van der Waals surface area contributed by atoms with Gasteiger partial charge in [-0.1, -0.05) is 17.3 Å². The molecule has 3 heterocycles. The molecule has 30 heavy (non-hydrogen) atoms. The van der Waals surface area contributed by atoms with Crippen LogP contribution < -0.4 is 5.32 Å². The molecule has 3 aromatic rings. The topological polar surface area (TPSA) is 101 Å². The van der Waals surface area contributed by atoms with Crippen LogP contribution in [0.5, 0.6) is 0 Å². The number of hydrogen-bond donors (Lipinski definition) is 1. The lowest BCUT2D eigenvalue weighted by molar-refractivity contribution is -0.128. The van der Waals surface area contributed by atoms with Crippen molar-refractivity contribution >= 4 is 11.8 Å². The highest BCUT2D eigenvalue weighted by atomic mass is 19.1. The van der Waals surface area contributed by atoms with Crippen LogP contribution in [0, 0.1) is 12.7 Å². The number of pyridine rings is 1. The van der Waals surface area contributed by atoms with Crippen molar-refractivity contribution in [1.29, 1.82) is 0 Å². The van der Waals surface area contributed by atoms with E-state index in [9.17, 15) is 14.0 Å². The first-order valence-corrected chi connectivity index (χ1v) is 9.53. The van der Waals surface area contributed by atoms with Crippen molar-refractivity contribution < 1.29 is 18.5 Å². The van der Waals surface area contributed by atoms with Crippen molar-refractivity contribution in [2.24, 2.45) is 0 Å². The number of likely N-dealkylation sites (tertiary alicyclic amines) is 1. The lowest BCUT2D eigenvalue weighted by atomic mass is 10.1. The SMILES string of the molecule is Cc1ccc(C(=O)NCc2nc([C@H]3CC(=O)N(Cc4ccc(F)cc4)C3)no2)cn1. The van der Waals surface area contributed by atoms with Gasteiger partial charge in [0.1, 0.15) is 5.82 Å². The first-order valence-electron chi connectivity index (χ1n) is 9.53. The van der Waals surface area contributed by atoms with Gasteiger partial charge in [0.25, 0.3) is 5.91 Å². The fourth-order valence-corrected chi connectivity index (χ4v) is 3.27. The monoisotopic (exact) mass is 409 g/mol. The summed E-state index contributed by atoms with van der Waals surface area (Å²) in [4.78, 5) is 34.6. The van der Waals surface area contributed by atoms with Crippen LogP contribution in [0.1, 0.15) is 45.7 Å². The average molecular weight is 409 g/mol. The number of aromatic nitrogens is 3. The van der Waals surface area contributed by atoms with Crippen LogP contribution in [0.2, 0.25) is 0 Å². The van der Waals surface area contributed by atoms with Gasteiger partial charge < -0.3 is 14.7 Å². The van der Waals surface area contributed by atoms with Crippen molar-refractivity contribution in [3.63, 3.8) is 0 Å². The Morgan fingerprint density at radius 3 is 2.80 bits per heavy atom. The largest absolute Gasteiger partial charge is 0.343 e. The number of amides is 2. The Balaban J connectivity index is 1.33. The van der Waals surface area contributed by atoms with Gasteiger partial charge in [0.15, 0.2) is 5.82 Å². The standard InChI is InChI=1S/C21H20FN5O3/c1-13-2-5-15(9-23-13)21(29)24-10-18-25-20(26-30-18)16-8-19(28)27(12-16)11-14-3-6-17(22)7-4-14/h2-7,9,16H,8,10-12H2,1H3,(H,24,29)/t16-/m0/s1. The zero-order valence-electron chi connectivity index (χ0n) is 16.3. The molecule has 2 aromatic heterocycles. The molecule has 0 spiro atoms. The molecule has 1 fully saturated rings. The Labute approximate surface area is 172 Å². The van der Waals surface area contributed by atoms with Crippen molar-refractivity contribution in [3.05, 3.63) is 76.9 Å². The zero-order valence-corrected chi connectivity index (χ0v) is 16.3. The number of halogens is 1. The molecule has 0 bridgehead atoms. The van der Waals surface area contributed by atoms with Gasteiger partial charge in [0.05, 0.1) is 12.1 Å². The number of rotatable bonds is 6. The fourth-order valence-electron chi connectivity index (χ4n) is 3.27. The average Bonchev–Trinajstić information content (AvgIpc) is 3.35. The van der Waals surface area contributed by atoms with Crippen LogP contribution in [0.4, 0.5) is 4.39 Å². The zero-order chi connectivity index (χ0) is 21.1. The number of carbonyl (C=O) groups is 2. The first-order chi connectivity index (χ1) is 14.5. The lowest BCUT2D eigenvalue weighted by Gasteiger charge is -2.16. The molecule has 0 radical (unpaired) electrons. The van der Waals surface area contributed by atoms with Crippen LogP contribution in [0.3, 0.4) is 0 Å². The first kappa shape index (κ1) is 19.7. The highest BCUT2D eigenvalue weighted by Crippen LogP contribution is 2.27. The summed E-state index contributed by atoms with van der Waals surface area (Å²) >= 11 is 0. The Bertz CT molecular complexity index is 1050. The van der Waals surface area contributed by atoms with E-state index in [1.807, 2.05) is 6.92 Å². The Kier molecular flexibility index (Phi) is 5.51. The van der Waals surface area contributed by atoms with Crippen LogP contribution in [0.25, 0.3) is 0 Å². The summed E-state index contributed by atoms with van der Waals surface area (Å²) in [6.07, 6.45) is 1.78. The van der Waals surface area contributed by atoms with E-state index in [0.29, 0.717) is 24.5 Å². The predicted molar refractivity (Wildman–Crippen MR) is 104 cm³/mol. The van der Waals surface area contributed by atoms with Crippen molar-refractivity contribution in [2.45, 2.75) is 32.4 Å². The van der Waals surface area contributed by atoms with Gasteiger partial charge in [-0.05, 0) is 36.8 Å². The number of benzene rings is 1. The maximum absolute atomic E-state index is 13.1. The molecule has 1 aromatic carbocycles. The summed E-state index contributed by atoms with van der Waals surface area (Å²) in [5, 5.41) is 6.68. The number of carbonyl (C=O) groups excluding carboxylic acids is 2. The molecule has 2 amide bonds. The maximum Gasteiger partial charge on any atom is 0.253 e. The normalized spacial score (nSPS) is 16.1. The molecule has 1 aliphatic heterocycles. The molecule has 9 heteroatoms. The van der Waals surface area contributed by atoms with Gasteiger partial charge in [-0.2, -0.15) is 4.98 Å². The molecule has 1 saturated heterocycles. The van der Waals surface area contributed by atoms with E-state index in [1.165, 1.54) is 18.3 Å². The van der Waals surface area contributed by atoms with Crippen molar-refractivity contribution in [1.82, 2.24) is 25.3 Å². The molecule has 1 aliphatic rings. The van der Waals surface area contributed by atoms with Crippen LogP contribution in [-0.2, 0) is 17.9 Å². The summed E-state index contributed by atoms with van der Waals surface area (Å²) in [7, 11) is 0. The third-order valence-electron chi connectivity index (χ3n) is 4.92. The van der Waals surface area contributed by atoms with Crippen LogP contribution >= 0.6 is 0 Å². The highest BCUT2D eigenvalue weighted by molar-refractivity contribution is 5.93. The maximum atomic E-state index is 13.1. The number of aryl methyl sites for hydroxylation is 1. The smallest absolute Gasteiger partial charge is 0.253 e. The summed E-state index contributed by atoms with van der Waals surface area (Å²) < 4.78 is 18.3. The molecule has 8 nitrogen and oxygen atoms in total. The summed E-state index contributed by atoms with van der Waals surface area (Å²) in [6.45, 7) is 2.79. The third-order valence-corrected chi connectivity index (χ3v) is 4.92. The third kappa shape index (κ3) is 4.51. The van der Waals surface area contributed by atoms with Gasteiger partial charge in [-0.3, -0.25) is 14.6 Å². The minimum atomic E-state index is -0.311. The second kappa shape index (κ2) is 8.40. The molecular formula is C21H20FN5O3. The number of hydrogen-bond acceptors (Lipinski definition) is 6. The lowest BCUT2D eigenvalue weighted by Crippen LogP contribution is -2.24. The molecule has 0 unspecified atom stereocenters. The van der Waals surface area contributed by atoms with Gasteiger partial charge >= 0.3 is 0 Å². The summed E-state index contributed by atoms with van der Waals surface area (Å²) in [6, 6.07) is 9.52. The minimum Gasteiger partial charge on any atom is -0.343 e. The van der Waals surface area contributed by atoms with Crippen molar-refractivity contribution in [2.75, 3.05) is 6.54 Å². The van der Waals surface area contributed by atoms with Gasteiger partial charge in [-0.15, -0.1) is 0 Å². The second-order valence-electron chi connectivity index (χ2n) is 7.22. The Morgan fingerprint density at radius 2 is 2.07 bits per heavy atom. The van der Waals surface area contributed by atoms with E-state index in [2.05, 4.69) is 20.4 Å². The van der Waals surface area contributed by atoms with E-state index < -0.39 is 0 Å².